The van der Waals surface area contributed by atoms with Gasteiger partial charge in [0.15, 0.2) is 0 Å². The minimum atomic E-state index is -0.0420. The van der Waals surface area contributed by atoms with Crippen LogP contribution in [0.3, 0.4) is 0 Å². The molecule has 6 heteroatoms. The summed E-state index contributed by atoms with van der Waals surface area (Å²) >= 11 is 5.44. The Bertz CT molecular complexity index is 693. The summed E-state index contributed by atoms with van der Waals surface area (Å²) in [5.41, 5.74) is 3.08. The molecule has 1 fully saturated rings. The van der Waals surface area contributed by atoms with E-state index in [0.29, 0.717) is 12.2 Å². The molecule has 1 N–H and O–H groups in total. The van der Waals surface area contributed by atoms with E-state index >= 15 is 0 Å². The Morgan fingerprint density at radius 3 is 2.62 bits per heavy atom. The summed E-state index contributed by atoms with van der Waals surface area (Å²) in [7, 11) is 0. The molecule has 0 spiro atoms. The summed E-state index contributed by atoms with van der Waals surface area (Å²) in [6, 6.07) is 10.4. The van der Waals surface area contributed by atoms with Gasteiger partial charge in [-0.15, -0.1) is 0 Å². The normalized spacial score (nSPS) is 14.7. The largest absolute Gasteiger partial charge is 0.370 e. The van der Waals surface area contributed by atoms with Gasteiger partial charge in [-0.25, -0.2) is 0 Å². The Morgan fingerprint density at radius 1 is 1.25 bits per heavy atom. The lowest BCUT2D eigenvalue weighted by molar-refractivity contribution is 0.0941. The van der Waals surface area contributed by atoms with Crippen molar-refractivity contribution in [2.75, 3.05) is 29.5 Å². The molecule has 4 nitrogen and oxygen atoms in total. The quantitative estimate of drug-likeness (QED) is 0.819. The van der Waals surface area contributed by atoms with Crippen molar-refractivity contribution in [3.63, 3.8) is 0 Å². The van der Waals surface area contributed by atoms with Crippen molar-refractivity contribution in [3.05, 3.63) is 52.3 Å². The average molecular weight is 408 g/mol. The molecule has 3 rings (SSSR count). The van der Waals surface area contributed by atoms with E-state index in [4.69, 9.17) is 0 Å². The zero-order chi connectivity index (χ0) is 16.9. The number of rotatable bonds is 5. The third-order valence-electron chi connectivity index (χ3n) is 4.20. The van der Waals surface area contributed by atoms with Gasteiger partial charge in [0, 0.05) is 54.0 Å². The number of amides is 1. The molecule has 24 heavy (non-hydrogen) atoms. The number of halogens is 1. The van der Waals surface area contributed by atoms with Crippen molar-refractivity contribution in [2.24, 2.45) is 0 Å². The molecule has 1 amide bonds. The molecule has 0 radical (unpaired) electrons. The molecule has 0 aliphatic carbocycles. The molecular weight excluding hydrogens is 386 g/mol. The predicted octanol–water partition coefficient (Wildman–Crippen LogP) is 3.75. The lowest BCUT2D eigenvalue weighted by atomic mass is 10.2. The summed E-state index contributed by atoms with van der Waals surface area (Å²) in [6.45, 7) is 5.58. The zero-order valence-electron chi connectivity index (χ0n) is 13.8. The third kappa shape index (κ3) is 4.16. The van der Waals surface area contributed by atoms with Gasteiger partial charge in [0.1, 0.15) is 5.69 Å². The SMILES string of the molecule is CCn1cc(Br)cc1C(=O)NCc1ccc(N2CCSCC2)cc1. The molecule has 1 aliphatic rings. The summed E-state index contributed by atoms with van der Waals surface area (Å²) in [5.74, 6) is 2.36. The monoisotopic (exact) mass is 407 g/mol. The lowest BCUT2D eigenvalue weighted by Crippen LogP contribution is -2.32. The highest BCUT2D eigenvalue weighted by atomic mass is 79.9. The fourth-order valence-electron chi connectivity index (χ4n) is 2.85. The van der Waals surface area contributed by atoms with Gasteiger partial charge in [0.05, 0.1) is 0 Å². The molecule has 1 saturated heterocycles. The van der Waals surface area contributed by atoms with Gasteiger partial charge in [0.2, 0.25) is 0 Å². The number of aryl methyl sites for hydroxylation is 1. The number of nitrogens with one attached hydrogen (secondary N) is 1. The first-order valence-corrected chi connectivity index (χ1v) is 10.2. The number of carbonyl (C=O) groups is 1. The highest BCUT2D eigenvalue weighted by molar-refractivity contribution is 9.10. The second-order valence-corrected chi connectivity index (χ2v) is 7.92. The zero-order valence-corrected chi connectivity index (χ0v) is 16.2. The Labute approximate surface area is 155 Å². The van der Waals surface area contributed by atoms with Crippen LogP contribution in [-0.2, 0) is 13.1 Å². The third-order valence-corrected chi connectivity index (χ3v) is 5.58. The van der Waals surface area contributed by atoms with E-state index in [9.17, 15) is 4.79 Å². The number of thioether (sulfide) groups is 1. The first-order chi connectivity index (χ1) is 11.7. The number of nitrogens with zero attached hydrogens (tertiary/aromatic N) is 2. The van der Waals surface area contributed by atoms with E-state index in [1.807, 2.05) is 35.5 Å². The molecule has 0 unspecified atom stereocenters. The summed E-state index contributed by atoms with van der Waals surface area (Å²) in [6.07, 6.45) is 1.93. The highest BCUT2D eigenvalue weighted by Crippen LogP contribution is 2.20. The summed E-state index contributed by atoms with van der Waals surface area (Å²) in [4.78, 5) is 14.8. The molecule has 128 valence electrons. The van der Waals surface area contributed by atoms with Crippen LogP contribution in [-0.4, -0.2) is 35.1 Å². The first kappa shape index (κ1) is 17.4. The summed E-state index contributed by atoms with van der Waals surface area (Å²) in [5, 5.41) is 3.00. The van der Waals surface area contributed by atoms with E-state index in [1.165, 1.54) is 17.2 Å². The van der Waals surface area contributed by atoms with Gasteiger partial charge >= 0.3 is 0 Å². The van der Waals surface area contributed by atoms with Crippen LogP contribution in [0.1, 0.15) is 23.0 Å². The van der Waals surface area contributed by atoms with Crippen LogP contribution in [0.5, 0.6) is 0 Å². The predicted molar refractivity (Wildman–Crippen MR) is 105 cm³/mol. The lowest BCUT2D eigenvalue weighted by Gasteiger charge is -2.28. The Hall–Kier alpha value is -1.40. The van der Waals surface area contributed by atoms with Gasteiger partial charge in [-0.05, 0) is 46.6 Å². The van der Waals surface area contributed by atoms with E-state index < -0.39 is 0 Å². The molecule has 0 bridgehead atoms. The van der Waals surface area contributed by atoms with E-state index in [2.05, 4.69) is 50.4 Å². The Morgan fingerprint density at radius 2 is 1.96 bits per heavy atom. The second-order valence-electron chi connectivity index (χ2n) is 5.78. The fourth-order valence-corrected chi connectivity index (χ4v) is 4.21. The van der Waals surface area contributed by atoms with Gasteiger partial charge in [-0.3, -0.25) is 4.79 Å². The van der Waals surface area contributed by atoms with Crippen LogP contribution in [0.15, 0.2) is 41.0 Å². The number of carbonyl (C=O) groups excluding carboxylic acids is 1. The van der Waals surface area contributed by atoms with Crippen LogP contribution >= 0.6 is 27.7 Å². The maximum absolute atomic E-state index is 12.4. The number of aromatic nitrogens is 1. The molecule has 0 atom stereocenters. The van der Waals surface area contributed by atoms with Crippen molar-refractivity contribution in [2.45, 2.75) is 20.0 Å². The molecule has 2 aromatic rings. The number of hydrogen-bond acceptors (Lipinski definition) is 3. The standard InChI is InChI=1S/C18H22BrN3OS/c1-2-21-13-15(19)11-17(21)18(23)20-12-14-3-5-16(6-4-14)22-7-9-24-10-8-22/h3-6,11,13H,2,7-10,12H2,1H3,(H,20,23). The van der Waals surface area contributed by atoms with E-state index in [0.717, 1.165) is 29.7 Å². The van der Waals surface area contributed by atoms with Crippen LogP contribution in [0.4, 0.5) is 5.69 Å². The minimum Gasteiger partial charge on any atom is -0.370 e. The Balaban J connectivity index is 1.59. The van der Waals surface area contributed by atoms with Gasteiger partial charge in [-0.1, -0.05) is 12.1 Å². The molecule has 1 aliphatic heterocycles. The average Bonchev–Trinajstić information content (AvgIpc) is 3.02. The van der Waals surface area contributed by atoms with Crippen LogP contribution in [0, 0.1) is 0 Å². The maximum atomic E-state index is 12.4. The van der Waals surface area contributed by atoms with Crippen LogP contribution in [0.2, 0.25) is 0 Å². The molecular formula is C18H22BrN3OS. The fraction of sp³-hybridized carbons (Fsp3) is 0.389. The van der Waals surface area contributed by atoms with Crippen molar-refractivity contribution in [3.8, 4) is 0 Å². The molecule has 1 aromatic carbocycles. The van der Waals surface area contributed by atoms with Crippen molar-refractivity contribution < 1.29 is 4.79 Å². The van der Waals surface area contributed by atoms with Crippen molar-refractivity contribution in [1.29, 1.82) is 0 Å². The number of benzene rings is 1. The van der Waals surface area contributed by atoms with E-state index in [-0.39, 0.29) is 5.91 Å². The Kier molecular flexibility index (Phi) is 5.89. The van der Waals surface area contributed by atoms with E-state index in [1.54, 1.807) is 0 Å². The smallest absolute Gasteiger partial charge is 0.268 e. The number of hydrogen-bond donors (Lipinski definition) is 1. The second kappa shape index (κ2) is 8.12. The number of anilines is 1. The highest BCUT2D eigenvalue weighted by Gasteiger charge is 2.13. The topological polar surface area (TPSA) is 37.3 Å². The molecule has 1 aromatic heterocycles. The van der Waals surface area contributed by atoms with Gasteiger partial charge in [-0.2, -0.15) is 11.8 Å². The van der Waals surface area contributed by atoms with Crippen LogP contribution < -0.4 is 10.2 Å². The van der Waals surface area contributed by atoms with Gasteiger partial charge < -0.3 is 14.8 Å². The molecule has 2 heterocycles. The van der Waals surface area contributed by atoms with Crippen LogP contribution in [0.25, 0.3) is 0 Å². The van der Waals surface area contributed by atoms with Crippen molar-refractivity contribution in [1.82, 2.24) is 9.88 Å². The first-order valence-electron chi connectivity index (χ1n) is 8.23. The van der Waals surface area contributed by atoms with Gasteiger partial charge in [0.25, 0.3) is 5.91 Å². The minimum absolute atomic E-state index is 0.0420. The maximum Gasteiger partial charge on any atom is 0.268 e. The summed E-state index contributed by atoms with van der Waals surface area (Å²) < 4.78 is 2.87. The van der Waals surface area contributed by atoms with Crippen molar-refractivity contribution >= 4 is 39.3 Å². The molecule has 0 saturated carbocycles.